The van der Waals surface area contributed by atoms with Crippen LogP contribution in [0.25, 0.3) is 0 Å². The molecule has 0 radical (unpaired) electrons. The molecule has 0 amide bonds. The predicted octanol–water partition coefficient (Wildman–Crippen LogP) is 2.57. The summed E-state index contributed by atoms with van der Waals surface area (Å²) in [7, 11) is 0. The number of aromatic nitrogens is 1. The van der Waals surface area contributed by atoms with Crippen LogP contribution in [0.5, 0.6) is 0 Å². The van der Waals surface area contributed by atoms with E-state index in [1.165, 1.54) is 17.1 Å². The molecule has 0 spiro atoms. The van der Waals surface area contributed by atoms with Gasteiger partial charge in [-0.2, -0.15) is 4.37 Å². The van der Waals surface area contributed by atoms with Gasteiger partial charge in [-0.15, -0.1) is 24.8 Å². The molecule has 0 aromatic carbocycles. The summed E-state index contributed by atoms with van der Waals surface area (Å²) in [6.07, 6.45) is 0. The van der Waals surface area contributed by atoms with Gasteiger partial charge in [-0.05, 0) is 23.0 Å². The van der Waals surface area contributed by atoms with E-state index in [-0.39, 0.29) is 24.8 Å². The van der Waals surface area contributed by atoms with Gasteiger partial charge in [0.2, 0.25) is 0 Å². The number of nitrogens with zero attached hydrogens (tertiary/aromatic N) is 1. The van der Waals surface area contributed by atoms with Crippen molar-refractivity contribution in [2.45, 2.75) is 26.3 Å². The van der Waals surface area contributed by atoms with E-state index in [4.69, 9.17) is 5.73 Å². The first-order chi connectivity index (χ1) is 4.75. The van der Waals surface area contributed by atoms with Crippen LogP contribution in [0, 0.1) is 0 Å². The molecule has 0 fully saturated rings. The van der Waals surface area contributed by atoms with Crippen molar-refractivity contribution in [3.8, 4) is 0 Å². The highest BCUT2D eigenvalue weighted by Crippen LogP contribution is 2.18. The Balaban J connectivity index is 0. The Morgan fingerprint density at radius 2 is 2.08 bits per heavy atom. The Morgan fingerprint density at radius 1 is 1.50 bits per heavy atom. The predicted molar refractivity (Wildman–Crippen MR) is 58.6 cm³/mol. The highest BCUT2D eigenvalue weighted by atomic mass is 35.5. The van der Waals surface area contributed by atoms with E-state index >= 15 is 0 Å². The van der Waals surface area contributed by atoms with Crippen molar-refractivity contribution in [2.75, 3.05) is 0 Å². The molecule has 0 aliphatic carbocycles. The zero-order chi connectivity index (χ0) is 7.56. The van der Waals surface area contributed by atoms with Gasteiger partial charge in [-0.1, -0.05) is 13.8 Å². The maximum atomic E-state index is 5.50. The Morgan fingerprint density at radius 3 is 2.42 bits per heavy atom. The minimum Gasteiger partial charge on any atom is -0.326 e. The monoisotopic (exact) mass is 228 g/mol. The van der Waals surface area contributed by atoms with E-state index in [0.717, 1.165) is 5.69 Å². The fraction of sp³-hybridized carbons (Fsp3) is 0.571. The van der Waals surface area contributed by atoms with Gasteiger partial charge in [-0.25, -0.2) is 0 Å². The van der Waals surface area contributed by atoms with Crippen LogP contribution in [0.2, 0.25) is 0 Å². The maximum Gasteiger partial charge on any atom is 0.0612 e. The van der Waals surface area contributed by atoms with Crippen LogP contribution in [0.4, 0.5) is 0 Å². The molecule has 0 saturated carbocycles. The van der Waals surface area contributed by atoms with Crippen molar-refractivity contribution in [1.82, 2.24) is 4.37 Å². The molecule has 72 valence electrons. The molecule has 1 rings (SSSR count). The SMILES string of the molecule is CC(C)c1nscc1CN.Cl.Cl. The van der Waals surface area contributed by atoms with Crippen molar-refractivity contribution in [1.29, 1.82) is 0 Å². The lowest BCUT2D eigenvalue weighted by Gasteiger charge is -2.01. The molecule has 1 aromatic heterocycles. The van der Waals surface area contributed by atoms with E-state index in [2.05, 4.69) is 18.2 Å². The van der Waals surface area contributed by atoms with E-state index in [0.29, 0.717) is 12.5 Å². The second-order valence-electron chi connectivity index (χ2n) is 2.58. The second-order valence-corrected chi connectivity index (χ2v) is 3.21. The lowest BCUT2D eigenvalue weighted by atomic mass is 10.1. The first kappa shape index (κ1) is 14.7. The van der Waals surface area contributed by atoms with Crippen LogP contribution < -0.4 is 5.73 Å². The van der Waals surface area contributed by atoms with E-state index in [9.17, 15) is 0 Å². The third-order valence-corrected chi connectivity index (χ3v) is 2.13. The van der Waals surface area contributed by atoms with Gasteiger partial charge in [-0.3, -0.25) is 0 Å². The summed E-state index contributed by atoms with van der Waals surface area (Å²) in [5, 5.41) is 2.02. The van der Waals surface area contributed by atoms with Crippen molar-refractivity contribution < 1.29 is 0 Å². The summed E-state index contributed by atoms with van der Waals surface area (Å²) in [6.45, 7) is 4.88. The van der Waals surface area contributed by atoms with E-state index in [1.807, 2.05) is 5.38 Å². The maximum absolute atomic E-state index is 5.50. The van der Waals surface area contributed by atoms with Crippen LogP contribution in [0.3, 0.4) is 0 Å². The number of rotatable bonds is 2. The molecular formula is C7H14Cl2N2S. The average molecular weight is 229 g/mol. The summed E-state index contributed by atoms with van der Waals surface area (Å²) >= 11 is 1.49. The summed E-state index contributed by atoms with van der Waals surface area (Å²) in [5.41, 5.74) is 7.85. The Labute approximate surface area is 89.5 Å². The van der Waals surface area contributed by atoms with Gasteiger partial charge < -0.3 is 5.73 Å². The summed E-state index contributed by atoms with van der Waals surface area (Å²) in [5.74, 6) is 0.504. The first-order valence-corrected chi connectivity index (χ1v) is 4.22. The Hall–Kier alpha value is 0.170. The summed E-state index contributed by atoms with van der Waals surface area (Å²) in [6, 6.07) is 0. The van der Waals surface area contributed by atoms with Crippen molar-refractivity contribution in [3.05, 3.63) is 16.6 Å². The molecule has 2 nitrogen and oxygen atoms in total. The van der Waals surface area contributed by atoms with E-state index < -0.39 is 0 Å². The largest absolute Gasteiger partial charge is 0.326 e. The van der Waals surface area contributed by atoms with Gasteiger partial charge in [0.1, 0.15) is 0 Å². The van der Waals surface area contributed by atoms with E-state index in [1.54, 1.807) is 0 Å². The second kappa shape index (κ2) is 6.66. The fourth-order valence-electron chi connectivity index (χ4n) is 0.895. The lowest BCUT2D eigenvalue weighted by Crippen LogP contribution is -2.00. The third kappa shape index (κ3) is 3.27. The van der Waals surface area contributed by atoms with Crippen molar-refractivity contribution >= 4 is 36.3 Å². The molecule has 0 bridgehead atoms. The number of halogens is 2. The summed E-state index contributed by atoms with van der Waals surface area (Å²) in [4.78, 5) is 0. The Bertz CT molecular complexity index is 213. The van der Waals surface area contributed by atoms with Gasteiger partial charge in [0.05, 0.1) is 5.69 Å². The molecule has 1 aromatic rings. The quantitative estimate of drug-likeness (QED) is 0.846. The number of hydrogen-bond donors (Lipinski definition) is 1. The molecule has 5 heteroatoms. The van der Waals surface area contributed by atoms with Crippen LogP contribution >= 0.6 is 36.3 Å². The van der Waals surface area contributed by atoms with Crippen LogP contribution in [-0.2, 0) is 6.54 Å². The minimum atomic E-state index is 0. The van der Waals surface area contributed by atoms with Gasteiger partial charge in [0.15, 0.2) is 0 Å². The average Bonchev–Trinajstić information content (AvgIpc) is 2.33. The molecule has 0 aliphatic heterocycles. The van der Waals surface area contributed by atoms with Crippen LogP contribution in [0.15, 0.2) is 5.38 Å². The number of hydrogen-bond acceptors (Lipinski definition) is 3. The highest BCUT2D eigenvalue weighted by Gasteiger charge is 2.06. The molecule has 12 heavy (non-hydrogen) atoms. The molecule has 0 atom stereocenters. The normalized spacial score (nSPS) is 9.00. The molecular weight excluding hydrogens is 215 g/mol. The zero-order valence-electron chi connectivity index (χ0n) is 7.11. The molecule has 0 unspecified atom stereocenters. The van der Waals surface area contributed by atoms with Gasteiger partial charge in [0, 0.05) is 11.9 Å². The number of nitrogens with two attached hydrogens (primary N) is 1. The topological polar surface area (TPSA) is 38.9 Å². The third-order valence-electron chi connectivity index (χ3n) is 1.44. The molecule has 0 saturated heterocycles. The van der Waals surface area contributed by atoms with Crippen molar-refractivity contribution in [3.63, 3.8) is 0 Å². The van der Waals surface area contributed by atoms with Crippen molar-refractivity contribution in [2.24, 2.45) is 5.73 Å². The highest BCUT2D eigenvalue weighted by molar-refractivity contribution is 7.03. The van der Waals surface area contributed by atoms with Gasteiger partial charge in [0.25, 0.3) is 0 Å². The van der Waals surface area contributed by atoms with Crippen LogP contribution in [0.1, 0.15) is 31.0 Å². The lowest BCUT2D eigenvalue weighted by molar-refractivity contribution is 0.816. The van der Waals surface area contributed by atoms with Crippen LogP contribution in [-0.4, -0.2) is 4.37 Å². The zero-order valence-corrected chi connectivity index (χ0v) is 9.56. The molecule has 2 N–H and O–H groups in total. The first-order valence-electron chi connectivity index (χ1n) is 3.39. The molecule has 0 aliphatic rings. The Kier molecular flexibility index (Phi) is 8.15. The molecule has 1 heterocycles. The minimum absolute atomic E-state index is 0. The van der Waals surface area contributed by atoms with Gasteiger partial charge >= 0.3 is 0 Å². The smallest absolute Gasteiger partial charge is 0.0612 e. The fourth-order valence-corrected chi connectivity index (χ4v) is 1.73. The standard InChI is InChI=1S/C7H12N2S.2ClH/c1-5(2)7-6(3-8)4-10-9-7;;/h4-5H,3,8H2,1-2H3;2*1H. The summed E-state index contributed by atoms with van der Waals surface area (Å²) < 4.78 is 4.25.